The molecule has 1 saturated heterocycles. The molecule has 0 spiro atoms. The highest BCUT2D eigenvalue weighted by Gasteiger charge is 2.19. The molecule has 0 atom stereocenters. The molecule has 3 rings (SSSR count). The van der Waals surface area contributed by atoms with E-state index in [1.165, 1.54) is 24.2 Å². The van der Waals surface area contributed by atoms with E-state index < -0.39 is 5.97 Å². The number of rotatable bonds is 3. The second kappa shape index (κ2) is 4.41. The minimum absolute atomic E-state index is 0.208. The number of carboxylic acids is 1. The topological polar surface area (TPSA) is 71.2 Å². The van der Waals surface area contributed by atoms with Crippen molar-refractivity contribution in [1.82, 2.24) is 14.8 Å². The molecular formula is C11H12N4O2S. The molecule has 2 aromatic rings. The van der Waals surface area contributed by atoms with Gasteiger partial charge in [-0.3, -0.25) is 4.57 Å². The van der Waals surface area contributed by atoms with Crippen molar-refractivity contribution in [3.05, 3.63) is 24.0 Å². The van der Waals surface area contributed by atoms with Crippen LogP contribution in [0.3, 0.4) is 0 Å². The molecule has 0 unspecified atom stereocenters. The van der Waals surface area contributed by atoms with Crippen molar-refractivity contribution in [2.24, 2.45) is 0 Å². The molecule has 0 aliphatic carbocycles. The predicted molar refractivity (Wildman–Crippen MR) is 67.6 cm³/mol. The fourth-order valence-electron chi connectivity index (χ4n) is 2.06. The summed E-state index contributed by atoms with van der Waals surface area (Å²) >= 11 is 1.42. The zero-order valence-corrected chi connectivity index (χ0v) is 10.4. The average molecular weight is 264 g/mol. The molecule has 18 heavy (non-hydrogen) atoms. The predicted octanol–water partition coefficient (Wildman–Crippen LogP) is 1.63. The van der Waals surface area contributed by atoms with Crippen LogP contribution in [0, 0.1) is 0 Å². The van der Waals surface area contributed by atoms with Crippen molar-refractivity contribution in [2.45, 2.75) is 12.8 Å². The normalized spacial score (nSPS) is 15.2. The largest absolute Gasteiger partial charge is 0.477 e. The van der Waals surface area contributed by atoms with Gasteiger partial charge < -0.3 is 10.0 Å². The SMILES string of the molecule is O=C(O)c1cccn1-c1nnc(N2CCCC2)s1. The van der Waals surface area contributed by atoms with Gasteiger partial charge in [0.15, 0.2) is 0 Å². The van der Waals surface area contributed by atoms with Gasteiger partial charge in [0.2, 0.25) is 10.3 Å². The van der Waals surface area contributed by atoms with Crippen molar-refractivity contribution >= 4 is 22.4 Å². The Morgan fingerprint density at radius 1 is 1.28 bits per heavy atom. The van der Waals surface area contributed by atoms with Gasteiger partial charge in [-0.1, -0.05) is 11.3 Å². The first-order chi connectivity index (χ1) is 8.75. The summed E-state index contributed by atoms with van der Waals surface area (Å²) < 4.78 is 1.56. The summed E-state index contributed by atoms with van der Waals surface area (Å²) in [6, 6.07) is 3.25. The van der Waals surface area contributed by atoms with Crippen molar-refractivity contribution in [2.75, 3.05) is 18.0 Å². The van der Waals surface area contributed by atoms with Crippen molar-refractivity contribution in [3.8, 4) is 5.13 Å². The Morgan fingerprint density at radius 2 is 2.00 bits per heavy atom. The van der Waals surface area contributed by atoms with Gasteiger partial charge in [0.05, 0.1) is 0 Å². The van der Waals surface area contributed by atoms with E-state index in [2.05, 4.69) is 15.1 Å². The van der Waals surface area contributed by atoms with E-state index in [1.807, 2.05) is 0 Å². The van der Waals surface area contributed by atoms with Crippen molar-refractivity contribution < 1.29 is 9.90 Å². The lowest BCUT2D eigenvalue weighted by atomic mass is 10.4. The number of carbonyl (C=O) groups is 1. The van der Waals surface area contributed by atoms with Gasteiger partial charge in [0.25, 0.3) is 0 Å². The highest BCUT2D eigenvalue weighted by molar-refractivity contribution is 7.17. The van der Waals surface area contributed by atoms with Crippen molar-refractivity contribution in [3.63, 3.8) is 0 Å². The lowest BCUT2D eigenvalue weighted by molar-refractivity contribution is 0.0688. The number of nitrogens with zero attached hydrogens (tertiary/aromatic N) is 4. The van der Waals surface area contributed by atoms with E-state index in [1.54, 1.807) is 22.9 Å². The molecule has 1 N–H and O–H groups in total. The molecule has 1 fully saturated rings. The summed E-state index contributed by atoms with van der Waals surface area (Å²) in [6.45, 7) is 2.01. The first-order valence-corrected chi connectivity index (χ1v) is 6.57. The van der Waals surface area contributed by atoms with Crippen LogP contribution in [-0.4, -0.2) is 38.9 Å². The number of hydrogen-bond acceptors (Lipinski definition) is 5. The van der Waals surface area contributed by atoms with Gasteiger partial charge in [0, 0.05) is 19.3 Å². The van der Waals surface area contributed by atoms with Crippen LogP contribution >= 0.6 is 11.3 Å². The van der Waals surface area contributed by atoms with Gasteiger partial charge in [-0.2, -0.15) is 0 Å². The Labute approximate surface area is 107 Å². The van der Waals surface area contributed by atoms with E-state index in [-0.39, 0.29) is 5.69 Å². The standard InChI is InChI=1S/C11H12N4O2S/c16-9(17)8-4-3-7-15(8)11-13-12-10(18-11)14-5-1-2-6-14/h3-4,7H,1-2,5-6H2,(H,16,17). The summed E-state index contributed by atoms with van der Waals surface area (Å²) in [5, 5.41) is 18.7. The molecule has 7 heteroatoms. The average Bonchev–Trinajstić information content (AvgIpc) is 3.10. The minimum atomic E-state index is -0.960. The Bertz CT molecular complexity index is 571. The third-order valence-electron chi connectivity index (χ3n) is 2.95. The van der Waals surface area contributed by atoms with Crippen LogP contribution in [0.5, 0.6) is 0 Å². The molecule has 1 aliphatic rings. The first kappa shape index (κ1) is 11.2. The Balaban J connectivity index is 1.92. The number of hydrogen-bond donors (Lipinski definition) is 1. The molecule has 94 valence electrons. The van der Waals surface area contributed by atoms with Crippen LogP contribution in [0.15, 0.2) is 18.3 Å². The van der Waals surface area contributed by atoms with Crippen LogP contribution in [0.4, 0.5) is 5.13 Å². The molecule has 6 nitrogen and oxygen atoms in total. The number of aromatic nitrogens is 3. The van der Waals surface area contributed by atoms with Gasteiger partial charge >= 0.3 is 5.97 Å². The maximum absolute atomic E-state index is 11.0. The van der Waals surface area contributed by atoms with Crippen LogP contribution < -0.4 is 4.90 Å². The third-order valence-corrected chi connectivity index (χ3v) is 3.94. The molecule has 0 saturated carbocycles. The van der Waals surface area contributed by atoms with E-state index in [9.17, 15) is 4.79 Å². The maximum Gasteiger partial charge on any atom is 0.352 e. The molecular weight excluding hydrogens is 252 g/mol. The summed E-state index contributed by atoms with van der Waals surface area (Å²) in [7, 11) is 0. The Morgan fingerprint density at radius 3 is 2.72 bits per heavy atom. The number of aromatic carboxylic acids is 1. The van der Waals surface area contributed by atoms with Crippen LogP contribution in [0.2, 0.25) is 0 Å². The quantitative estimate of drug-likeness (QED) is 0.912. The minimum Gasteiger partial charge on any atom is -0.477 e. The van der Waals surface area contributed by atoms with E-state index in [0.29, 0.717) is 5.13 Å². The Hall–Kier alpha value is -1.89. The van der Waals surface area contributed by atoms with E-state index in [4.69, 9.17) is 5.11 Å². The van der Waals surface area contributed by atoms with E-state index in [0.717, 1.165) is 18.2 Å². The Kier molecular flexibility index (Phi) is 2.75. The summed E-state index contributed by atoms with van der Waals surface area (Å²) in [4.78, 5) is 13.2. The van der Waals surface area contributed by atoms with Crippen LogP contribution in [0.1, 0.15) is 23.3 Å². The highest BCUT2D eigenvalue weighted by Crippen LogP contribution is 2.26. The zero-order valence-electron chi connectivity index (χ0n) is 9.61. The molecule has 3 heterocycles. The lowest BCUT2D eigenvalue weighted by Crippen LogP contribution is -2.17. The van der Waals surface area contributed by atoms with Gasteiger partial charge in [-0.15, -0.1) is 10.2 Å². The third kappa shape index (κ3) is 1.86. The van der Waals surface area contributed by atoms with Crippen LogP contribution in [0.25, 0.3) is 5.13 Å². The second-order valence-corrected chi connectivity index (χ2v) is 5.06. The summed E-state index contributed by atoms with van der Waals surface area (Å²) in [6.07, 6.45) is 4.05. The molecule has 0 amide bonds. The fourth-order valence-corrected chi connectivity index (χ4v) is 2.96. The zero-order chi connectivity index (χ0) is 12.5. The molecule has 1 aliphatic heterocycles. The first-order valence-electron chi connectivity index (χ1n) is 5.75. The molecule has 0 aromatic carbocycles. The van der Waals surface area contributed by atoms with Gasteiger partial charge in [0.1, 0.15) is 5.69 Å². The molecule has 0 radical (unpaired) electrons. The van der Waals surface area contributed by atoms with Gasteiger partial charge in [-0.25, -0.2) is 4.79 Å². The maximum atomic E-state index is 11.0. The smallest absolute Gasteiger partial charge is 0.352 e. The summed E-state index contributed by atoms with van der Waals surface area (Å²) in [5.74, 6) is -0.960. The highest BCUT2D eigenvalue weighted by atomic mass is 32.1. The van der Waals surface area contributed by atoms with Gasteiger partial charge in [-0.05, 0) is 25.0 Å². The molecule has 2 aromatic heterocycles. The van der Waals surface area contributed by atoms with Crippen LogP contribution in [-0.2, 0) is 0 Å². The molecule has 0 bridgehead atoms. The number of carboxylic acid groups (broad SMARTS) is 1. The monoisotopic (exact) mass is 264 g/mol. The number of anilines is 1. The second-order valence-electron chi connectivity index (χ2n) is 4.13. The lowest BCUT2D eigenvalue weighted by Gasteiger charge is -2.10. The fraction of sp³-hybridized carbons (Fsp3) is 0.364. The summed E-state index contributed by atoms with van der Waals surface area (Å²) in [5.41, 5.74) is 0.208. The van der Waals surface area contributed by atoms with Crippen molar-refractivity contribution in [1.29, 1.82) is 0 Å². The van der Waals surface area contributed by atoms with E-state index >= 15 is 0 Å².